The predicted molar refractivity (Wildman–Crippen MR) is 77.8 cm³/mol. The second kappa shape index (κ2) is 13.4. The average molecular weight is 393 g/mol. The number of rotatable bonds is 4. The summed E-state index contributed by atoms with van der Waals surface area (Å²) < 4.78 is 0. The fourth-order valence-corrected chi connectivity index (χ4v) is 5.46. The van der Waals surface area contributed by atoms with Gasteiger partial charge in [-0.05, 0) is 23.6 Å². The van der Waals surface area contributed by atoms with Crippen molar-refractivity contribution in [3.63, 3.8) is 0 Å². The van der Waals surface area contributed by atoms with Crippen LogP contribution in [0.4, 0.5) is 0 Å². The standard InChI is InChI=1S/C3H5.2C2H5.2H3O3PS.Zn/c1-3-2;2*1-2;2*1-4(2,3)5;/h3H,1-2H2;2*1H2,2H3;2*(H3,1,2,3,5);. The zero-order chi connectivity index (χ0) is 15.4. The van der Waals surface area contributed by atoms with Gasteiger partial charge in [-0.25, -0.2) is 0 Å². The predicted octanol–water partition coefficient (Wildman–Crippen LogP) is 1.46. The Morgan fingerprint density at radius 3 is 1.22 bits per heavy atom. The Bertz CT molecular complexity index is 251. The van der Waals surface area contributed by atoms with Crippen LogP contribution < -0.4 is 0 Å². The molecule has 0 heterocycles. The molecule has 0 unspecified atom stereocenters. The van der Waals surface area contributed by atoms with Gasteiger partial charge in [-0.3, -0.25) is 0 Å². The molecular formula is C7H21O6P2S2Zn. The molecule has 109 valence electrons. The van der Waals surface area contributed by atoms with Gasteiger partial charge < -0.3 is 29.4 Å². The van der Waals surface area contributed by atoms with E-state index in [0.717, 1.165) is 0 Å². The Kier molecular flexibility index (Phi) is 18.2. The summed E-state index contributed by atoms with van der Waals surface area (Å²) in [4.78, 5) is 45.3. The summed E-state index contributed by atoms with van der Waals surface area (Å²) in [6, 6.07) is 0. The fraction of sp³-hybridized carbons (Fsp3) is 0.714. The van der Waals surface area contributed by atoms with E-state index in [1.165, 1.54) is 15.0 Å². The van der Waals surface area contributed by atoms with Crippen LogP contribution in [-0.2, 0) is 39.6 Å². The van der Waals surface area contributed by atoms with E-state index >= 15 is 0 Å². The van der Waals surface area contributed by atoms with Crippen molar-refractivity contribution >= 4 is 37.1 Å². The summed E-state index contributed by atoms with van der Waals surface area (Å²) in [6.45, 7) is 0.790. The van der Waals surface area contributed by atoms with Crippen molar-refractivity contribution in [1.82, 2.24) is 0 Å². The molecule has 0 aromatic carbocycles. The van der Waals surface area contributed by atoms with E-state index in [1.54, 1.807) is 0 Å². The largest absolute Gasteiger partial charge is 0.325 e. The van der Waals surface area contributed by atoms with Crippen LogP contribution in [0.2, 0.25) is 15.0 Å². The fourth-order valence-electron chi connectivity index (χ4n) is 1.05. The first-order valence-corrected chi connectivity index (χ1v) is 16.9. The van der Waals surface area contributed by atoms with Crippen molar-refractivity contribution in [3.8, 4) is 0 Å². The van der Waals surface area contributed by atoms with E-state index in [9.17, 15) is 0 Å². The minimum atomic E-state index is -3.81. The summed E-state index contributed by atoms with van der Waals surface area (Å²) in [6.07, 6.45) is 2.10. The molecule has 11 heteroatoms. The maximum absolute atomic E-state index is 7.56. The van der Waals surface area contributed by atoms with Gasteiger partial charge in [-0.15, -0.1) is 0 Å². The van der Waals surface area contributed by atoms with Gasteiger partial charge in [0.05, 0.1) is 0 Å². The molecule has 18 heavy (non-hydrogen) atoms. The first kappa shape index (κ1) is 24.4. The van der Waals surface area contributed by atoms with Crippen molar-refractivity contribution in [2.45, 2.75) is 28.9 Å². The molecule has 0 spiro atoms. The van der Waals surface area contributed by atoms with Crippen molar-refractivity contribution in [2.75, 3.05) is 0 Å². The smallest absolute Gasteiger partial charge is 0.319 e. The Morgan fingerprint density at radius 2 is 1.17 bits per heavy atom. The van der Waals surface area contributed by atoms with E-state index in [4.69, 9.17) is 29.4 Å². The van der Waals surface area contributed by atoms with Crippen molar-refractivity contribution in [1.29, 1.82) is 0 Å². The molecule has 0 amide bonds. The van der Waals surface area contributed by atoms with Crippen LogP contribution in [0.25, 0.3) is 0 Å². The molecule has 0 aromatic heterocycles. The molecule has 0 radical (unpaired) electrons. The SMILES string of the molecule is C=C[CH2][Zn]([CH2]C)[CH2]C.OP(O)(O)=S.OP(O)(O)=S. The van der Waals surface area contributed by atoms with Crippen LogP contribution in [-0.4, -0.2) is 29.4 Å². The Balaban J connectivity index is -0.000000197. The van der Waals surface area contributed by atoms with Gasteiger partial charge in [0, 0.05) is 0 Å². The molecule has 0 aliphatic rings. The van der Waals surface area contributed by atoms with Crippen molar-refractivity contribution in [2.24, 2.45) is 0 Å². The van der Waals surface area contributed by atoms with Gasteiger partial charge in [-0.2, -0.15) is 0 Å². The molecule has 0 atom stereocenters. The van der Waals surface area contributed by atoms with E-state index in [-0.39, 0.29) is 0 Å². The number of hydrogen-bond donors (Lipinski definition) is 6. The summed E-state index contributed by atoms with van der Waals surface area (Å²) >= 11 is 6.30. The molecule has 0 rings (SSSR count). The molecular weight excluding hydrogens is 372 g/mol. The van der Waals surface area contributed by atoms with E-state index in [0.29, 0.717) is 0 Å². The zero-order valence-electron chi connectivity index (χ0n) is 10.5. The first-order chi connectivity index (χ1) is 7.85. The normalized spacial score (nSPS) is 10.4. The molecule has 6 N–H and O–H groups in total. The second-order valence-electron chi connectivity index (χ2n) is 3.66. The van der Waals surface area contributed by atoms with Gasteiger partial charge in [0.1, 0.15) is 0 Å². The molecule has 0 saturated heterocycles. The number of allylic oxidation sites excluding steroid dienone is 1. The summed E-state index contributed by atoms with van der Waals surface area (Å²) in [5.41, 5.74) is 0. The van der Waals surface area contributed by atoms with E-state index in [2.05, 4.69) is 50.1 Å². The monoisotopic (exact) mass is 391 g/mol. The van der Waals surface area contributed by atoms with Gasteiger partial charge in [0.25, 0.3) is 0 Å². The van der Waals surface area contributed by atoms with Crippen LogP contribution in [0.5, 0.6) is 0 Å². The number of hydrogen-bond acceptors (Lipinski definition) is 2. The van der Waals surface area contributed by atoms with Crippen LogP contribution in [0.15, 0.2) is 12.7 Å². The molecule has 0 aliphatic heterocycles. The third-order valence-electron chi connectivity index (χ3n) is 2.03. The Morgan fingerprint density at radius 1 is 0.944 bits per heavy atom. The second-order valence-corrected chi connectivity index (χ2v) is 18.5. The zero-order valence-corrected chi connectivity index (χ0v) is 16.9. The van der Waals surface area contributed by atoms with E-state index in [1.807, 2.05) is 0 Å². The summed E-state index contributed by atoms with van der Waals surface area (Å²) in [5.74, 6) is 0. The maximum Gasteiger partial charge on any atom is 0.319 e. The van der Waals surface area contributed by atoms with Crippen molar-refractivity contribution in [3.05, 3.63) is 12.7 Å². The minimum Gasteiger partial charge on any atom is -0.325 e. The van der Waals surface area contributed by atoms with Gasteiger partial charge in [0.15, 0.2) is 0 Å². The molecule has 0 saturated carbocycles. The molecule has 0 aliphatic carbocycles. The quantitative estimate of drug-likeness (QED) is 0.242. The van der Waals surface area contributed by atoms with Crippen LogP contribution >= 0.6 is 13.4 Å². The van der Waals surface area contributed by atoms with Crippen LogP contribution in [0.1, 0.15) is 13.8 Å². The molecule has 0 aromatic rings. The van der Waals surface area contributed by atoms with Crippen LogP contribution in [0.3, 0.4) is 0 Å². The topological polar surface area (TPSA) is 121 Å². The third-order valence-corrected chi connectivity index (χ3v) is 10.5. The molecule has 0 bridgehead atoms. The minimum absolute atomic E-state index is 0.906. The first-order valence-electron chi connectivity index (χ1n) is 5.30. The summed E-state index contributed by atoms with van der Waals surface area (Å²) in [7, 11) is 0. The Labute approximate surface area is 123 Å². The van der Waals surface area contributed by atoms with Gasteiger partial charge in [-0.1, -0.05) is 0 Å². The van der Waals surface area contributed by atoms with Gasteiger partial charge >= 0.3 is 70.9 Å². The summed E-state index contributed by atoms with van der Waals surface area (Å²) in [5, 5.41) is 4.40. The van der Waals surface area contributed by atoms with Crippen molar-refractivity contribution < 1.29 is 45.3 Å². The van der Waals surface area contributed by atoms with Gasteiger partial charge in [0.2, 0.25) is 0 Å². The molecule has 6 nitrogen and oxygen atoms in total. The van der Waals surface area contributed by atoms with Crippen LogP contribution in [0, 0.1) is 0 Å². The van der Waals surface area contributed by atoms with E-state index < -0.39 is 29.4 Å². The third kappa shape index (κ3) is 66.2. The average Bonchev–Trinajstić information content (AvgIpc) is 2.08. The maximum atomic E-state index is 7.56. The Hall–Kier alpha value is 1.42. The molecule has 0 fully saturated rings.